The van der Waals surface area contributed by atoms with Crippen molar-refractivity contribution in [3.8, 4) is 22.3 Å². The molecule has 0 atom stereocenters. The Morgan fingerprint density at radius 3 is 0.976 bits per heavy atom. The van der Waals surface area contributed by atoms with Crippen molar-refractivity contribution in [2.75, 3.05) is 0 Å². The van der Waals surface area contributed by atoms with Gasteiger partial charge in [-0.25, -0.2) is 0 Å². The molecule has 6 rings (SSSR count). The molecule has 0 saturated carbocycles. The predicted octanol–water partition coefficient (Wildman–Crippen LogP) is 17.5. The Kier molecular flexibility index (Phi) is 22.5. The molecule has 83 heavy (non-hydrogen) atoms. The summed E-state index contributed by atoms with van der Waals surface area (Å²) < 4.78 is 162. The summed E-state index contributed by atoms with van der Waals surface area (Å²) in [4.78, 5) is 26.7. The Morgan fingerprint density at radius 2 is 0.723 bits per heavy atom. The third-order valence-electron chi connectivity index (χ3n) is 15.6. The third kappa shape index (κ3) is 14.9. The zero-order valence-electron chi connectivity index (χ0n) is 47.2. The van der Waals surface area contributed by atoms with Gasteiger partial charge in [-0.2, -0.15) is 62.3 Å². The lowest BCUT2D eigenvalue weighted by molar-refractivity contribution is -0.348. The third-order valence-corrected chi connectivity index (χ3v) is 15.6. The second-order valence-electron chi connectivity index (χ2n) is 20.2. The summed E-state index contributed by atoms with van der Waals surface area (Å²) >= 11 is 0. The highest BCUT2D eigenvalue weighted by Gasteiger charge is 2.70. The first kappa shape index (κ1) is 68.2. The van der Waals surface area contributed by atoms with Crippen LogP contribution in [-0.2, 0) is 43.0 Å². The van der Waals surface area contributed by atoms with Crippen LogP contribution >= 0.6 is 0 Å². The Hall–Kier alpha value is -7.27. The van der Waals surface area contributed by atoms with Gasteiger partial charge in [0.2, 0.25) is 0 Å². The highest BCUT2D eigenvalue weighted by atomic mass is 19.4. The average molecular weight is 1170 g/mol. The van der Waals surface area contributed by atoms with Gasteiger partial charge in [-0.1, -0.05) is 168 Å². The Morgan fingerprint density at radius 1 is 0.434 bits per heavy atom. The first-order valence-electron chi connectivity index (χ1n) is 26.5. The standard InChI is InChI=1S/C32H32F6O3.C32H34F6O.CO2/c1-5-29(6-2,27-13-14-28(22(4)18-27)25-9-7-23(8-10-25)19-41-20-39)26-12-11-24(21(3)17-26)15-16-30(40,31(33,34)35)32(36,37)38;1-6-23-9-11-25(12-10-23)28-16-15-27(20-22(28)5)29(7-2,8-3)26-14-13-24(21(4)19-26)17-18-30(39,31(33,34)35)32(36,37)38;2-1-3/h7-18,20,40H,5-6,19H2,1-4H3;9-20,39H,6-8H2,1-5H3;/b16-15+;18-17+;. The number of ether oxygens (including phenoxy) is 1. The van der Waals surface area contributed by atoms with Crippen molar-refractivity contribution in [3.63, 3.8) is 0 Å². The molecule has 6 aromatic rings. The number of alkyl halides is 12. The van der Waals surface area contributed by atoms with Gasteiger partial charge < -0.3 is 14.9 Å². The van der Waals surface area contributed by atoms with Gasteiger partial charge in [0.05, 0.1) is 0 Å². The van der Waals surface area contributed by atoms with Crippen LogP contribution in [0.4, 0.5) is 52.7 Å². The molecule has 0 heterocycles. The summed E-state index contributed by atoms with van der Waals surface area (Å²) in [5.41, 5.74) is 2.99. The fourth-order valence-corrected chi connectivity index (χ4v) is 10.3. The smallest absolute Gasteiger partial charge is 0.430 e. The minimum Gasteiger partial charge on any atom is -0.463 e. The lowest BCUT2D eigenvalue weighted by Crippen LogP contribution is -2.55. The van der Waals surface area contributed by atoms with Gasteiger partial charge in [-0.3, -0.25) is 4.79 Å². The molecule has 0 aliphatic carbocycles. The van der Waals surface area contributed by atoms with Crippen LogP contribution in [0, 0.1) is 27.7 Å². The summed E-state index contributed by atoms with van der Waals surface area (Å²) in [6.45, 7) is 18.2. The highest BCUT2D eigenvalue weighted by molar-refractivity contribution is 5.70. The molecule has 6 aromatic carbocycles. The van der Waals surface area contributed by atoms with Crippen LogP contribution in [0.1, 0.15) is 127 Å². The van der Waals surface area contributed by atoms with Crippen molar-refractivity contribution >= 4 is 24.8 Å². The fourth-order valence-electron chi connectivity index (χ4n) is 10.3. The average Bonchev–Trinajstić information content (AvgIpc) is 3.56. The minimum absolute atomic E-state index is 0.135. The quantitative estimate of drug-likeness (QED) is 0.0657. The van der Waals surface area contributed by atoms with E-state index in [2.05, 4.69) is 76.2 Å². The van der Waals surface area contributed by atoms with E-state index in [1.807, 2.05) is 57.2 Å². The van der Waals surface area contributed by atoms with Gasteiger partial charge in [0.25, 0.3) is 17.7 Å². The Labute approximate surface area is 475 Å². The second kappa shape index (κ2) is 27.4. The molecule has 0 aliphatic heterocycles. The molecule has 0 bridgehead atoms. The molecular formula is C65H66F12O6. The highest BCUT2D eigenvalue weighted by Crippen LogP contribution is 2.47. The predicted molar refractivity (Wildman–Crippen MR) is 296 cm³/mol. The van der Waals surface area contributed by atoms with Crippen LogP contribution in [-0.4, -0.2) is 58.7 Å². The van der Waals surface area contributed by atoms with Crippen LogP contribution in [0.15, 0.2) is 133 Å². The number of hydrogen-bond donors (Lipinski definition) is 2. The number of aryl methyl sites for hydroxylation is 5. The summed E-state index contributed by atoms with van der Waals surface area (Å²) in [5.74, 6) is 0. The number of aliphatic hydroxyl groups is 2. The molecule has 0 fully saturated rings. The molecule has 2 N–H and O–H groups in total. The number of benzene rings is 6. The Bertz CT molecular complexity index is 3200. The number of carbonyl (C=O) groups excluding carboxylic acids is 3. The van der Waals surface area contributed by atoms with E-state index in [-0.39, 0.29) is 36.0 Å². The van der Waals surface area contributed by atoms with Crippen LogP contribution < -0.4 is 0 Å². The molecule has 0 amide bonds. The van der Waals surface area contributed by atoms with Crippen molar-refractivity contribution in [1.82, 2.24) is 0 Å². The van der Waals surface area contributed by atoms with Gasteiger partial charge in [0.1, 0.15) is 6.61 Å². The van der Waals surface area contributed by atoms with Crippen LogP contribution in [0.2, 0.25) is 0 Å². The fraction of sp³-hybridized carbons (Fsp3) is 0.354. The van der Waals surface area contributed by atoms with E-state index < -0.39 is 46.7 Å². The van der Waals surface area contributed by atoms with Gasteiger partial charge in [0.15, 0.2) is 0 Å². The van der Waals surface area contributed by atoms with Crippen molar-refractivity contribution < 1.29 is 82.0 Å². The topological polar surface area (TPSA) is 101 Å². The first-order chi connectivity index (χ1) is 38.7. The van der Waals surface area contributed by atoms with Crippen molar-refractivity contribution in [2.24, 2.45) is 0 Å². The zero-order valence-corrected chi connectivity index (χ0v) is 47.2. The van der Waals surface area contributed by atoms with E-state index >= 15 is 0 Å². The Balaban J connectivity index is 0.000000341. The summed E-state index contributed by atoms with van der Waals surface area (Å²) in [6, 6.07) is 38.7. The molecule has 0 unspecified atom stereocenters. The molecule has 6 nitrogen and oxygen atoms in total. The maximum Gasteiger partial charge on any atom is 0.430 e. The molecule has 0 radical (unpaired) electrons. The van der Waals surface area contributed by atoms with E-state index in [1.165, 1.54) is 17.7 Å². The molecule has 0 spiro atoms. The van der Waals surface area contributed by atoms with Crippen molar-refractivity contribution in [2.45, 2.75) is 148 Å². The number of carbonyl (C=O) groups is 1. The monoisotopic (exact) mass is 1170 g/mol. The van der Waals surface area contributed by atoms with E-state index in [0.29, 0.717) is 42.6 Å². The zero-order chi connectivity index (χ0) is 62.6. The summed E-state index contributed by atoms with van der Waals surface area (Å²) in [5, 5.41) is 18.9. The number of rotatable bonds is 18. The van der Waals surface area contributed by atoms with E-state index in [9.17, 15) is 67.7 Å². The van der Waals surface area contributed by atoms with Gasteiger partial charge in [-0.05, 0) is 161 Å². The van der Waals surface area contributed by atoms with E-state index in [0.717, 1.165) is 80.5 Å². The largest absolute Gasteiger partial charge is 0.463 e. The molecule has 0 aromatic heterocycles. The molecular weight excluding hydrogens is 1100 g/mol. The number of halogens is 12. The van der Waals surface area contributed by atoms with Gasteiger partial charge in [0, 0.05) is 10.8 Å². The number of hydrogen-bond acceptors (Lipinski definition) is 6. The second-order valence-corrected chi connectivity index (χ2v) is 20.2. The van der Waals surface area contributed by atoms with Crippen LogP contribution in [0.25, 0.3) is 34.4 Å². The van der Waals surface area contributed by atoms with Gasteiger partial charge >= 0.3 is 30.9 Å². The van der Waals surface area contributed by atoms with E-state index in [4.69, 9.17) is 14.3 Å². The SMILES string of the molecule is CCC(CC)(c1ccc(/C=C/C(O)(C(F)(F)F)C(F)(F)F)c(C)c1)c1ccc(-c2ccc(COC=O)cc2)c(C)c1.CCc1ccc(-c2ccc(C(CC)(CC)c3ccc(/C=C/C(O)(C(F)(F)F)C(F)(F)F)c(C)c3)cc2C)cc1.O=C=O. The summed E-state index contributed by atoms with van der Waals surface area (Å²) in [6.07, 6.45) is -18.7. The van der Waals surface area contributed by atoms with E-state index in [1.54, 1.807) is 38.1 Å². The van der Waals surface area contributed by atoms with Crippen LogP contribution in [0.3, 0.4) is 0 Å². The summed E-state index contributed by atoms with van der Waals surface area (Å²) in [7, 11) is 0. The minimum atomic E-state index is -5.92. The van der Waals surface area contributed by atoms with Crippen molar-refractivity contribution in [3.05, 3.63) is 200 Å². The van der Waals surface area contributed by atoms with Gasteiger partial charge in [-0.15, -0.1) is 0 Å². The molecule has 0 aliphatic rings. The molecule has 18 heteroatoms. The normalized spacial score (nSPS) is 12.8. The lowest BCUT2D eigenvalue weighted by Gasteiger charge is -2.34. The lowest BCUT2D eigenvalue weighted by atomic mass is 9.69. The van der Waals surface area contributed by atoms with Crippen LogP contribution in [0.5, 0.6) is 0 Å². The van der Waals surface area contributed by atoms with Crippen molar-refractivity contribution in [1.29, 1.82) is 0 Å². The molecule has 446 valence electrons. The first-order valence-corrected chi connectivity index (χ1v) is 26.5. The maximum atomic E-state index is 13.1. The maximum absolute atomic E-state index is 13.1. The molecule has 0 saturated heterocycles.